The van der Waals surface area contributed by atoms with E-state index in [0.29, 0.717) is 0 Å². The quantitative estimate of drug-likeness (QED) is 0.331. The van der Waals surface area contributed by atoms with Crippen LogP contribution >= 0.6 is 0 Å². The zero-order valence-corrected chi connectivity index (χ0v) is 12.7. The molecule has 1 unspecified atom stereocenters. The minimum atomic E-state index is 0.733. The molecule has 1 rings (SSSR count). The van der Waals surface area contributed by atoms with Gasteiger partial charge in [0.15, 0.2) is 6.34 Å². The summed E-state index contributed by atoms with van der Waals surface area (Å²) in [6, 6.07) is 0. The van der Waals surface area contributed by atoms with E-state index in [1.165, 1.54) is 64.2 Å². The van der Waals surface area contributed by atoms with E-state index in [1.807, 2.05) is 18.7 Å². The SMILES string of the molecule is C=C[N+]1(CCCCCCCCCCCC)C=CN=C1. The molecule has 0 fully saturated rings. The molecule has 19 heavy (non-hydrogen) atoms. The van der Waals surface area contributed by atoms with Gasteiger partial charge in [0.25, 0.3) is 0 Å². The van der Waals surface area contributed by atoms with Crippen LogP contribution in [0.3, 0.4) is 0 Å². The molecule has 0 amide bonds. The summed E-state index contributed by atoms with van der Waals surface area (Å²) in [5.74, 6) is 0. The number of hydrogen-bond acceptors (Lipinski definition) is 1. The molecule has 1 atom stereocenters. The summed E-state index contributed by atoms with van der Waals surface area (Å²) in [5, 5.41) is 0. The van der Waals surface area contributed by atoms with Crippen LogP contribution < -0.4 is 0 Å². The van der Waals surface area contributed by atoms with E-state index in [2.05, 4.69) is 24.7 Å². The second-order valence-corrected chi connectivity index (χ2v) is 5.65. The average molecular weight is 263 g/mol. The van der Waals surface area contributed by atoms with Crippen molar-refractivity contribution in [3.05, 3.63) is 25.2 Å². The number of rotatable bonds is 12. The van der Waals surface area contributed by atoms with Gasteiger partial charge in [-0.1, -0.05) is 58.3 Å². The maximum absolute atomic E-state index is 4.17. The third kappa shape index (κ3) is 6.72. The zero-order chi connectivity index (χ0) is 13.8. The Morgan fingerprint density at radius 2 is 1.53 bits per heavy atom. The number of nitrogens with zero attached hydrogens (tertiary/aromatic N) is 2. The Bertz CT molecular complexity index is 280. The fraction of sp³-hybridized carbons (Fsp3) is 0.706. The molecule has 1 aliphatic rings. The van der Waals surface area contributed by atoms with Crippen molar-refractivity contribution >= 4 is 6.34 Å². The molecule has 0 aromatic heterocycles. The minimum absolute atomic E-state index is 0.733. The van der Waals surface area contributed by atoms with Crippen LogP contribution in [-0.4, -0.2) is 17.4 Å². The van der Waals surface area contributed by atoms with Gasteiger partial charge in [-0.2, -0.15) is 0 Å². The molecule has 2 nitrogen and oxygen atoms in total. The lowest BCUT2D eigenvalue weighted by atomic mass is 10.1. The van der Waals surface area contributed by atoms with Crippen LogP contribution in [0.2, 0.25) is 0 Å². The van der Waals surface area contributed by atoms with E-state index in [9.17, 15) is 0 Å². The molecule has 0 spiro atoms. The van der Waals surface area contributed by atoms with Gasteiger partial charge in [-0.25, -0.2) is 9.48 Å². The maximum Gasteiger partial charge on any atom is 0.199 e. The summed E-state index contributed by atoms with van der Waals surface area (Å²) in [6.07, 6.45) is 21.8. The molecule has 0 saturated heterocycles. The van der Waals surface area contributed by atoms with Crippen LogP contribution in [0.5, 0.6) is 0 Å². The predicted octanol–water partition coefficient (Wildman–Crippen LogP) is 5.38. The second kappa shape index (κ2) is 9.96. The van der Waals surface area contributed by atoms with Gasteiger partial charge >= 0.3 is 0 Å². The Labute approximate surface area is 119 Å². The van der Waals surface area contributed by atoms with Gasteiger partial charge in [0.2, 0.25) is 0 Å². The van der Waals surface area contributed by atoms with Crippen molar-refractivity contribution in [1.29, 1.82) is 0 Å². The molecule has 0 bridgehead atoms. The Morgan fingerprint density at radius 1 is 0.947 bits per heavy atom. The molecule has 0 radical (unpaired) electrons. The van der Waals surface area contributed by atoms with Crippen molar-refractivity contribution in [2.45, 2.75) is 71.1 Å². The lowest BCUT2D eigenvalue weighted by Crippen LogP contribution is -2.34. The van der Waals surface area contributed by atoms with Crippen molar-refractivity contribution < 1.29 is 4.48 Å². The second-order valence-electron chi connectivity index (χ2n) is 5.65. The third-order valence-corrected chi connectivity index (χ3v) is 3.95. The highest BCUT2D eigenvalue weighted by Crippen LogP contribution is 2.15. The van der Waals surface area contributed by atoms with E-state index in [1.54, 1.807) is 0 Å². The standard InChI is InChI=1S/C17H31N2/c1-3-5-6-7-8-9-10-11-12-13-15-19(4-2)16-14-18-17-19/h4,14,16-17H,2-3,5-13,15H2,1H3/q+1. The van der Waals surface area contributed by atoms with Crippen LogP contribution in [0.1, 0.15) is 71.1 Å². The van der Waals surface area contributed by atoms with Gasteiger partial charge in [0, 0.05) is 0 Å². The highest BCUT2D eigenvalue weighted by molar-refractivity contribution is 5.51. The molecule has 108 valence electrons. The number of unbranched alkanes of at least 4 members (excludes halogenated alkanes) is 9. The minimum Gasteiger partial charge on any atom is -0.228 e. The molecule has 0 aromatic rings. The van der Waals surface area contributed by atoms with E-state index >= 15 is 0 Å². The van der Waals surface area contributed by atoms with Crippen molar-refractivity contribution in [3.63, 3.8) is 0 Å². The molecule has 1 heterocycles. The molecule has 1 aliphatic heterocycles. The Morgan fingerprint density at radius 3 is 2.00 bits per heavy atom. The maximum atomic E-state index is 4.17. The van der Waals surface area contributed by atoms with Gasteiger partial charge in [-0.3, -0.25) is 0 Å². The van der Waals surface area contributed by atoms with Crippen LogP contribution in [-0.2, 0) is 0 Å². The first-order valence-electron chi connectivity index (χ1n) is 8.06. The van der Waals surface area contributed by atoms with Crippen molar-refractivity contribution in [1.82, 2.24) is 0 Å². The average Bonchev–Trinajstić information content (AvgIpc) is 2.90. The first-order valence-corrected chi connectivity index (χ1v) is 8.06. The normalized spacial score (nSPS) is 21.1. The lowest BCUT2D eigenvalue weighted by Gasteiger charge is -2.21. The third-order valence-electron chi connectivity index (χ3n) is 3.95. The summed E-state index contributed by atoms with van der Waals surface area (Å²) < 4.78 is 0.733. The van der Waals surface area contributed by atoms with Crippen LogP contribution in [0.25, 0.3) is 0 Å². The van der Waals surface area contributed by atoms with E-state index < -0.39 is 0 Å². The van der Waals surface area contributed by atoms with Gasteiger partial charge < -0.3 is 0 Å². The molecule has 0 aromatic carbocycles. The summed E-state index contributed by atoms with van der Waals surface area (Å²) in [7, 11) is 0. The Balaban J connectivity index is 1.90. The van der Waals surface area contributed by atoms with Crippen molar-refractivity contribution in [2.24, 2.45) is 4.99 Å². The summed E-state index contributed by atoms with van der Waals surface area (Å²) in [4.78, 5) is 4.17. The van der Waals surface area contributed by atoms with Crippen LogP contribution in [0.15, 0.2) is 30.2 Å². The largest absolute Gasteiger partial charge is 0.228 e. The highest BCUT2D eigenvalue weighted by Gasteiger charge is 2.21. The van der Waals surface area contributed by atoms with Crippen molar-refractivity contribution in [3.8, 4) is 0 Å². The first kappa shape index (κ1) is 16.2. The fourth-order valence-corrected chi connectivity index (χ4v) is 2.57. The first-order chi connectivity index (χ1) is 9.33. The van der Waals surface area contributed by atoms with E-state index in [-0.39, 0.29) is 0 Å². The van der Waals surface area contributed by atoms with Gasteiger partial charge in [-0.15, -0.1) is 0 Å². The highest BCUT2D eigenvalue weighted by atomic mass is 15.4. The summed E-state index contributed by atoms with van der Waals surface area (Å²) in [6.45, 7) is 7.30. The Hall–Kier alpha value is -0.890. The predicted molar refractivity (Wildman–Crippen MR) is 84.8 cm³/mol. The number of quaternary nitrogens is 1. The van der Waals surface area contributed by atoms with Crippen LogP contribution in [0.4, 0.5) is 0 Å². The molecule has 0 aliphatic carbocycles. The Kier molecular flexibility index (Phi) is 8.48. The number of aliphatic imine (C=N–C) groups is 1. The topological polar surface area (TPSA) is 12.4 Å². The molecule has 0 saturated carbocycles. The molecule has 0 N–H and O–H groups in total. The smallest absolute Gasteiger partial charge is 0.199 e. The molecule has 2 heteroatoms. The van der Waals surface area contributed by atoms with Gasteiger partial charge in [-0.05, 0) is 19.4 Å². The summed E-state index contributed by atoms with van der Waals surface area (Å²) >= 11 is 0. The monoisotopic (exact) mass is 263 g/mol. The number of hydrogen-bond donors (Lipinski definition) is 0. The van der Waals surface area contributed by atoms with Crippen molar-refractivity contribution in [2.75, 3.05) is 6.54 Å². The zero-order valence-electron chi connectivity index (χ0n) is 12.7. The van der Waals surface area contributed by atoms with Gasteiger partial charge in [0.05, 0.1) is 18.9 Å². The van der Waals surface area contributed by atoms with Gasteiger partial charge in [0.1, 0.15) is 6.20 Å². The van der Waals surface area contributed by atoms with Crippen LogP contribution in [0, 0.1) is 0 Å². The fourth-order valence-electron chi connectivity index (χ4n) is 2.57. The molecular formula is C17H31N2+. The lowest BCUT2D eigenvalue weighted by molar-refractivity contribution is -0.721. The van der Waals surface area contributed by atoms with E-state index in [0.717, 1.165) is 11.0 Å². The summed E-state index contributed by atoms with van der Waals surface area (Å²) in [5.41, 5.74) is 0. The molecular weight excluding hydrogens is 232 g/mol. The van der Waals surface area contributed by atoms with E-state index in [4.69, 9.17) is 0 Å².